The van der Waals surface area contributed by atoms with E-state index >= 15 is 0 Å². The van der Waals surface area contributed by atoms with Gasteiger partial charge in [-0.2, -0.15) is 0 Å². The minimum atomic E-state index is -3.82. The lowest BCUT2D eigenvalue weighted by atomic mass is 10.1. The Balaban J connectivity index is 1.49. The average Bonchev–Trinajstić information content (AvgIpc) is 3.38. The van der Waals surface area contributed by atoms with Crippen molar-refractivity contribution in [3.8, 4) is 0 Å². The number of nitrogens with zero attached hydrogens (tertiary/aromatic N) is 2. The van der Waals surface area contributed by atoms with Gasteiger partial charge in [-0.3, -0.25) is 4.79 Å². The Morgan fingerprint density at radius 1 is 0.938 bits per heavy atom. The number of benzene rings is 3. The molecule has 4 aromatic rings. The van der Waals surface area contributed by atoms with E-state index in [0.29, 0.717) is 18.5 Å². The molecule has 3 aromatic carbocycles. The average molecular weight is 445 g/mol. The quantitative estimate of drug-likeness (QED) is 0.460. The zero-order valence-corrected chi connectivity index (χ0v) is 18.7. The zero-order chi connectivity index (χ0) is 22.3. The molecule has 0 fully saturated rings. The molecule has 32 heavy (non-hydrogen) atoms. The summed E-state index contributed by atoms with van der Waals surface area (Å²) in [7, 11) is -3.82. The van der Waals surface area contributed by atoms with Gasteiger partial charge in [-0.05, 0) is 42.2 Å². The predicted octanol–water partition coefficient (Wildman–Crippen LogP) is 4.36. The Kier molecular flexibility index (Phi) is 5.10. The Hall–Kier alpha value is -3.38. The molecule has 0 radical (unpaired) electrons. The Morgan fingerprint density at radius 3 is 2.50 bits per heavy atom. The molecule has 0 N–H and O–H groups in total. The standard InChI is InChI=1S/C26H24N2O3S/c1-19-8-2-3-10-21(19)16-27-17-25(22-11-5-7-13-24(22)27)32(30,31)18-26(29)28-15-14-20-9-4-6-12-23(20)28/h2-13,17H,14-16,18H2,1H3. The second-order valence-electron chi connectivity index (χ2n) is 8.25. The van der Waals surface area contributed by atoms with E-state index in [0.717, 1.165) is 34.3 Å². The van der Waals surface area contributed by atoms with Crippen molar-refractivity contribution in [2.75, 3.05) is 17.2 Å². The first-order chi connectivity index (χ1) is 15.4. The normalized spacial score (nSPS) is 13.5. The van der Waals surface area contributed by atoms with Crippen molar-refractivity contribution in [2.24, 2.45) is 0 Å². The minimum absolute atomic E-state index is 0.211. The number of para-hydroxylation sites is 2. The molecule has 0 saturated carbocycles. The third kappa shape index (κ3) is 3.60. The number of rotatable bonds is 5. The molecular formula is C26H24N2O3S. The van der Waals surface area contributed by atoms with Gasteiger partial charge in [-0.25, -0.2) is 8.42 Å². The molecule has 6 heteroatoms. The van der Waals surface area contributed by atoms with E-state index in [2.05, 4.69) is 0 Å². The number of hydrogen-bond acceptors (Lipinski definition) is 3. The number of sulfone groups is 1. The van der Waals surface area contributed by atoms with Crippen molar-refractivity contribution >= 4 is 32.3 Å². The molecule has 1 amide bonds. The summed E-state index contributed by atoms with van der Waals surface area (Å²) in [6, 6.07) is 23.2. The molecule has 0 spiro atoms. The number of carbonyl (C=O) groups is 1. The molecule has 1 aliphatic heterocycles. The number of amides is 1. The van der Waals surface area contributed by atoms with E-state index in [1.54, 1.807) is 11.1 Å². The molecular weight excluding hydrogens is 420 g/mol. The highest BCUT2D eigenvalue weighted by Crippen LogP contribution is 2.30. The largest absolute Gasteiger partial charge is 0.342 e. The van der Waals surface area contributed by atoms with Crippen LogP contribution in [0.5, 0.6) is 0 Å². The van der Waals surface area contributed by atoms with Crippen molar-refractivity contribution in [1.82, 2.24) is 4.57 Å². The maximum absolute atomic E-state index is 13.4. The highest BCUT2D eigenvalue weighted by atomic mass is 32.2. The van der Waals surface area contributed by atoms with Gasteiger partial charge in [0.1, 0.15) is 5.75 Å². The summed E-state index contributed by atoms with van der Waals surface area (Å²) in [4.78, 5) is 14.8. The van der Waals surface area contributed by atoms with Gasteiger partial charge < -0.3 is 9.47 Å². The van der Waals surface area contributed by atoms with E-state index in [1.165, 1.54) is 0 Å². The molecule has 5 nitrogen and oxygen atoms in total. The van der Waals surface area contributed by atoms with Crippen molar-refractivity contribution in [2.45, 2.75) is 24.8 Å². The molecule has 2 heterocycles. The van der Waals surface area contributed by atoms with Crippen LogP contribution in [0, 0.1) is 6.92 Å². The molecule has 5 rings (SSSR count). The number of hydrogen-bond donors (Lipinski definition) is 0. The van der Waals surface area contributed by atoms with E-state index in [-0.39, 0.29) is 10.8 Å². The van der Waals surface area contributed by atoms with Gasteiger partial charge in [0.05, 0.1) is 4.90 Å². The van der Waals surface area contributed by atoms with E-state index < -0.39 is 15.6 Å². The van der Waals surface area contributed by atoms with Crippen LogP contribution in [-0.4, -0.2) is 31.2 Å². The van der Waals surface area contributed by atoms with Crippen molar-refractivity contribution in [1.29, 1.82) is 0 Å². The van der Waals surface area contributed by atoms with Crippen LogP contribution in [0.4, 0.5) is 5.69 Å². The van der Waals surface area contributed by atoms with Gasteiger partial charge in [-0.15, -0.1) is 0 Å². The van der Waals surface area contributed by atoms with E-state index in [1.807, 2.05) is 84.3 Å². The van der Waals surface area contributed by atoms with Crippen LogP contribution < -0.4 is 4.90 Å². The molecule has 0 atom stereocenters. The lowest BCUT2D eigenvalue weighted by Gasteiger charge is -2.17. The maximum atomic E-state index is 13.4. The first-order valence-electron chi connectivity index (χ1n) is 10.7. The zero-order valence-electron chi connectivity index (χ0n) is 17.9. The Labute approximate surface area is 187 Å². The van der Waals surface area contributed by atoms with Crippen LogP contribution in [0.3, 0.4) is 0 Å². The van der Waals surface area contributed by atoms with Gasteiger partial charge in [0.25, 0.3) is 0 Å². The molecule has 0 unspecified atom stereocenters. The third-order valence-electron chi connectivity index (χ3n) is 6.19. The van der Waals surface area contributed by atoms with E-state index in [4.69, 9.17) is 0 Å². The van der Waals surface area contributed by atoms with Crippen molar-refractivity contribution in [3.63, 3.8) is 0 Å². The van der Waals surface area contributed by atoms with Gasteiger partial charge >= 0.3 is 0 Å². The topological polar surface area (TPSA) is 59.4 Å². The summed E-state index contributed by atoms with van der Waals surface area (Å²) in [5.41, 5.74) is 5.01. The van der Waals surface area contributed by atoms with Gasteiger partial charge in [0.15, 0.2) is 9.84 Å². The molecule has 0 aliphatic carbocycles. The SMILES string of the molecule is Cc1ccccc1Cn1cc(S(=O)(=O)CC(=O)N2CCc3ccccc32)c2ccccc21. The maximum Gasteiger partial charge on any atom is 0.242 e. The summed E-state index contributed by atoms with van der Waals surface area (Å²) in [5.74, 6) is -0.926. The second-order valence-corrected chi connectivity index (χ2v) is 10.2. The number of carbonyl (C=O) groups excluding carboxylic acids is 1. The lowest BCUT2D eigenvalue weighted by molar-refractivity contribution is -0.116. The monoisotopic (exact) mass is 444 g/mol. The van der Waals surface area contributed by atoms with Gasteiger partial charge in [0.2, 0.25) is 5.91 Å². The molecule has 1 aliphatic rings. The summed E-state index contributed by atoms with van der Waals surface area (Å²) < 4.78 is 28.8. The smallest absolute Gasteiger partial charge is 0.242 e. The second kappa shape index (κ2) is 7.95. The lowest BCUT2D eigenvalue weighted by Crippen LogP contribution is -2.34. The van der Waals surface area contributed by atoms with Crippen molar-refractivity contribution in [3.05, 3.63) is 95.7 Å². The predicted molar refractivity (Wildman–Crippen MR) is 127 cm³/mol. The molecule has 1 aromatic heterocycles. The number of fused-ring (bicyclic) bond motifs is 2. The fourth-order valence-electron chi connectivity index (χ4n) is 4.48. The number of aryl methyl sites for hydroxylation is 1. The Bertz CT molecular complexity index is 1440. The summed E-state index contributed by atoms with van der Waals surface area (Å²) in [5, 5.41) is 0.649. The van der Waals surface area contributed by atoms with E-state index in [9.17, 15) is 13.2 Å². The first-order valence-corrected chi connectivity index (χ1v) is 12.3. The summed E-state index contributed by atoms with van der Waals surface area (Å²) in [6.07, 6.45) is 2.43. The van der Waals surface area contributed by atoms with Gasteiger partial charge in [0, 0.05) is 35.9 Å². The molecule has 0 saturated heterocycles. The number of anilines is 1. The van der Waals surface area contributed by atoms with Crippen LogP contribution in [0.2, 0.25) is 0 Å². The first kappa shape index (κ1) is 20.5. The summed E-state index contributed by atoms with van der Waals surface area (Å²) >= 11 is 0. The third-order valence-corrected chi connectivity index (χ3v) is 7.81. The van der Waals surface area contributed by atoms with Crippen LogP contribution in [-0.2, 0) is 27.6 Å². The van der Waals surface area contributed by atoms with Crippen LogP contribution >= 0.6 is 0 Å². The summed E-state index contributed by atoms with van der Waals surface area (Å²) in [6.45, 7) is 3.13. The number of aromatic nitrogens is 1. The fourth-order valence-corrected chi connectivity index (χ4v) is 5.91. The van der Waals surface area contributed by atoms with Gasteiger partial charge in [-0.1, -0.05) is 60.7 Å². The minimum Gasteiger partial charge on any atom is -0.342 e. The highest BCUT2D eigenvalue weighted by molar-refractivity contribution is 7.92. The van der Waals surface area contributed by atoms with Crippen LogP contribution in [0.1, 0.15) is 16.7 Å². The van der Waals surface area contributed by atoms with Crippen molar-refractivity contribution < 1.29 is 13.2 Å². The highest BCUT2D eigenvalue weighted by Gasteiger charge is 2.30. The Morgan fingerprint density at radius 2 is 1.66 bits per heavy atom. The van der Waals surface area contributed by atoms with Crippen LogP contribution in [0.15, 0.2) is 83.9 Å². The van der Waals surface area contributed by atoms with Crippen LogP contribution in [0.25, 0.3) is 10.9 Å². The fraction of sp³-hybridized carbons (Fsp3) is 0.192. The molecule has 0 bridgehead atoms. The molecule has 162 valence electrons.